The normalized spacial score (nSPS) is 18.9. The van der Waals surface area contributed by atoms with Crippen molar-refractivity contribution in [1.82, 2.24) is 15.5 Å². The zero-order valence-corrected chi connectivity index (χ0v) is 9.75. The van der Waals surface area contributed by atoms with Crippen LogP contribution in [0.2, 0.25) is 0 Å². The van der Waals surface area contributed by atoms with Crippen molar-refractivity contribution in [2.24, 2.45) is 4.99 Å². The molecular formula is C10H22N4O. The number of nitrogens with zero attached hydrogens (tertiary/aromatic N) is 2. The maximum atomic E-state index is 5.29. The summed E-state index contributed by atoms with van der Waals surface area (Å²) in [7, 11) is 3.65. The molecule has 0 saturated carbocycles. The Morgan fingerprint density at radius 1 is 1.40 bits per heavy atom. The number of hydrogen-bond donors (Lipinski definition) is 2. The number of nitrogens with one attached hydrogen (secondary N) is 2. The maximum absolute atomic E-state index is 5.29. The molecule has 0 aromatic rings. The summed E-state index contributed by atoms with van der Waals surface area (Å²) in [4.78, 5) is 6.49. The van der Waals surface area contributed by atoms with Gasteiger partial charge in [0, 0.05) is 33.7 Å². The van der Waals surface area contributed by atoms with Crippen molar-refractivity contribution in [2.45, 2.75) is 6.42 Å². The largest absolute Gasteiger partial charge is 0.379 e. The first-order chi connectivity index (χ1) is 7.36. The summed E-state index contributed by atoms with van der Waals surface area (Å²) in [5.74, 6) is 0.858. The first-order valence-electron chi connectivity index (χ1n) is 5.55. The molecule has 0 unspecified atom stereocenters. The van der Waals surface area contributed by atoms with Crippen LogP contribution in [-0.2, 0) is 4.74 Å². The Morgan fingerprint density at radius 3 is 2.73 bits per heavy atom. The Bertz CT molecular complexity index is 190. The van der Waals surface area contributed by atoms with Crippen molar-refractivity contribution in [3.8, 4) is 0 Å². The van der Waals surface area contributed by atoms with E-state index in [0.717, 1.165) is 51.8 Å². The molecule has 0 bridgehead atoms. The molecule has 0 aromatic heterocycles. The average Bonchev–Trinajstić information content (AvgIpc) is 2.31. The molecule has 0 radical (unpaired) electrons. The second kappa shape index (κ2) is 7.48. The van der Waals surface area contributed by atoms with E-state index in [1.807, 2.05) is 7.05 Å². The van der Waals surface area contributed by atoms with E-state index in [-0.39, 0.29) is 0 Å². The third-order valence-electron chi connectivity index (χ3n) is 2.51. The van der Waals surface area contributed by atoms with Gasteiger partial charge >= 0.3 is 0 Å². The van der Waals surface area contributed by atoms with Crippen LogP contribution in [0.25, 0.3) is 0 Å². The number of morpholine rings is 1. The number of ether oxygens (including phenoxy) is 1. The van der Waals surface area contributed by atoms with E-state index in [2.05, 4.69) is 20.5 Å². The number of guanidine groups is 1. The molecule has 1 saturated heterocycles. The topological polar surface area (TPSA) is 48.9 Å². The Balaban J connectivity index is 2.00. The van der Waals surface area contributed by atoms with Crippen LogP contribution in [0.1, 0.15) is 6.42 Å². The van der Waals surface area contributed by atoms with Crippen LogP contribution in [-0.4, -0.2) is 64.3 Å². The van der Waals surface area contributed by atoms with Crippen LogP contribution >= 0.6 is 0 Å². The van der Waals surface area contributed by atoms with Crippen LogP contribution in [0.15, 0.2) is 4.99 Å². The molecule has 15 heavy (non-hydrogen) atoms. The minimum absolute atomic E-state index is 0.858. The lowest BCUT2D eigenvalue weighted by Gasteiger charge is -2.26. The zero-order chi connectivity index (χ0) is 10.9. The highest BCUT2D eigenvalue weighted by Crippen LogP contribution is 1.96. The lowest BCUT2D eigenvalue weighted by atomic mass is 10.3. The van der Waals surface area contributed by atoms with E-state index in [1.165, 1.54) is 0 Å². The summed E-state index contributed by atoms with van der Waals surface area (Å²) in [6.07, 6.45) is 1.14. The monoisotopic (exact) mass is 214 g/mol. The minimum Gasteiger partial charge on any atom is -0.379 e. The fourth-order valence-electron chi connectivity index (χ4n) is 1.61. The molecular weight excluding hydrogens is 192 g/mol. The van der Waals surface area contributed by atoms with Gasteiger partial charge in [-0.25, -0.2) is 0 Å². The third kappa shape index (κ3) is 4.99. The van der Waals surface area contributed by atoms with E-state index >= 15 is 0 Å². The first-order valence-corrected chi connectivity index (χ1v) is 5.55. The van der Waals surface area contributed by atoms with Gasteiger partial charge in [0.25, 0.3) is 0 Å². The van der Waals surface area contributed by atoms with Crippen molar-refractivity contribution in [3.63, 3.8) is 0 Å². The molecule has 0 spiro atoms. The van der Waals surface area contributed by atoms with Crippen molar-refractivity contribution in [3.05, 3.63) is 0 Å². The molecule has 0 atom stereocenters. The van der Waals surface area contributed by atoms with Crippen molar-refractivity contribution in [1.29, 1.82) is 0 Å². The second-order valence-corrected chi connectivity index (χ2v) is 3.56. The minimum atomic E-state index is 0.858. The summed E-state index contributed by atoms with van der Waals surface area (Å²) >= 11 is 0. The van der Waals surface area contributed by atoms with E-state index in [9.17, 15) is 0 Å². The van der Waals surface area contributed by atoms with E-state index in [0.29, 0.717) is 0 Å². The molecule has 5 heteroatoms. The number of aliphatic imine (C=N–C) groups is 1. The molecule has 5 nitrogen and oxygen atoms in total. The van der Waals surface area contributed by atoms with Gasteiger partial charge in [-0.2, -0.15) is 0 Å². The summed E-state index contributed by atoms with van der Waals surface area (Å²) in [6.45, 7) is 6.00. The van der Waals surface area contributed by atoms with Gasteiger partial charge in [0.1, 0.15) is 0 Å². The molecule has 1 rings (SSSR count). The molecule has 2 N–H and O–H groups in total. The molecule has 0 amide bonds. The predicted molar refractivity (Wildman–Crippen MR) is 62.3 cm³/mol. The maximum Gasteiger partial charge on any atom is 0.190 e. The fraction of sp³-hybridized carbons (Fsp3) is 0.900. The standard InChI is InChI=1S/C10H22N4O/c1-11-10(12-2)13-4-3-5-14-6-8-15-9-7-14/h3-9H2,1-2H3,(H2,11,12,13). The first kappa shape index (κ1) is 12.3. The van der Waals surface area contributed by atoms with Gasteiger partial charge in [-0.15, -0.1) is 0 Å². The van der Waals surface area contributed by atoms with Gasteiger partial charge in [-0.3, -0.25) is 9.89 Å². The van der Waals surface area contributed by atoms with E-state index < -0.39 is 0 Å². The summed E-state index contributed by atoms with van der Waals surface area (Å²) < 4.78 is 5.29. The molecule has 0 aliphatic carbocycles. The van der Waals surface area contributed by atoms with Crippen LogP contribution in [0, 0.1) is 0 Å². The number of hydrogen-bond acceptors (Lipinski definition) is 3. The summed E-state index contributed by atoms with van der Waals surface area (Å²) in [5, 5.41) is 6.24. The van der Waals surface area contributed by atoms with E-state index in [1.54, 1.807) is 7.05 Å². The third-order valence-corrected chi connectivity index (χ3v) is 2.51. The molecule has 1 aliphatic heterocycles. The summed E-state index contributed by atoms with van der Waals surface area (Å²) in [6, 6.07) is 0. The van der Waals surface area contributed by atoms with Gasteiger partial charge in [-0.05, 0) is 13.0 Å². The Hall–Kier alpha value is -0.810. The second-order valence-electron chi connectivity index (χ2n) is 3.56. The average molecular weight is 214 g/mol. The highest BCUT2D eigenvalue weighted by Gasteiger charge is 2.08. The Labute approximate surface area is 91.9 Å². The Kier molecular flexibility index (Phi) is 6.11. The van der Waals surface area contributed by atoms with Gasteiger partial charge in [0.15, 0.2) is 5.96 Å². The van der Waals surface area contributed by atoms with Gasteiger partial charge in [0.2, 0.25) is 0 Å². The van der Waals surface area contributed by atoms with E-state index in [4.69, 9.17) is 4.74 Å². The Morgan fingerprint density at radius 2 is 2.13 bits per heavy atom. The van der Waals surface area contributed by atoms with Crippen LogP contribution < -0.4 is 10.6 Å². The van der Waals surface area contributed by atoms with Crippen molar-refractivity contribution in [2.75, 3.05) is 53.5 Å². The smallest absolute Gasteiger partial charge is 0.190 e. The van der Waals surface area contributed by atoms with Crippen LogP contribution in [0.3, 0.4) is 0 Å². The molecule has 1 aliphatic rings. The zero-order valence-electron chi connectivity index (χ0n) is 9.75. The lowest BCUT2D eigenvalue weighted by Crippen LogP contribution is -2.39. The highest BCUT2D eigenvalue weighted by atomic mass is 16.5. The molecule has 88 valence electrons. The van der Waals surface area contributed by atoms with Gasteiger partial charge < -0.3 is 15.4 Å². The number of rotatable bonds is 4. The van der Waals surface area contributed by atoms with Crippen LogP contribution in [0.4, 0.5) is 0 Å². The lowest BCUT2D eigenvalue weighted by molar-refractivity contribution is 0.0376. The van der Waals surface area contributed by atoms with Crippen LogP contribution in [0.5, 0.6) is 0 Å². The van der Waals surface area contributed by atoms with Gasteiger partial charge in [0.05, 0.1) is 13.2 Å². The van der Waals surface area contributed by atoms with Gasteiger partial charge in [-0.1, -0.05) is 0 Å². The van der Waals surface area contributed by atoms with Crippen molar-refractivity contribution >= 4 is 5.96 Å². The SMILES string of the molecule is CN=C(NC)NCCCN1CCOCC1. The summed E-state index contributed by atoms with van der Waals surface area (Å²) in [5.41, 5.74) is 0. The predicted octanol–water partition coefficient (Wildman–Crippen LogP) is -0.496. The molecule has 1 fully saturated rings. The highest BCUT2D eigenvalue weighted by molar-refractivity contribution is 5.79. The quantitative estimate of drug-likeness (QED) is 0.376. The molecule has 1 heterocycles. The molecule has 0 aromatic carbocycles. The van der Waals surface area contributed by atoms with Crippen molar-refractivity contribution < 1.29 is 4.74 Å². The fourth-order valence-corrected chi connectivity index (χ4v) is 1.61.